The molecule has 1 aromatic carbocycles. The van der Waals surface area contributed by atoms with Crippen LogP contribution in [0.4, 0.5) is 0 Å². The molecule has 1 aliphatic heterocycles. The summed E-state index contributed by atoms with van der Waals surface area (Å²) in [4.78, 5) is 37.6. The summed E-state index contributed by atoms with van der Waals surface area (Å²) >= 11 is 0. The van der Waals surface area contributed by atoms with Gasteiger partial charge in [0.05, 0.1) is 5.92 Å². The summed E-state index contributed by atoms with van der Waals surface area (Å²) in [5.74, 6) is -0.559. The van der Waals surface area contributed by atoms with Crippen molar-refractivity contribution in [3.05, 3.63) is 35.4 Å². The van der Waals surface area contributed by atoms with E-state index in [0.29, 0.717) is 25.2 Å². The van der Waals surface area contributed by atoms with Crippen LogP contribution in [-0.4, -0.2) is 48.3 Å². The van der Waals surface area contributed by atoms with Gasteiger partial charge in [0.2, 0.25) is 11.8 Å². The van der Waals surface area contributed by atoms with Gasteiger partial charge in [0, 0.05) is 37.7 Å². The molecule has 0 saturated carbocycles. The lowest BCUT2D eigenvalue weighted by Gasteiger charge is -2.20. The van der Waals surface area contributed by atoms with E-state index in [-0.39, 0.29) is 36.1 Å². The van der Waals surface area contributed by atoms with Crippen LogP contribution < -0.4 is 10.6 Å². The Morgan fingerprint density at radius 1 is 1.25 bits per heavy atom. The van der Waals surface area contributed by atoms with Crippen molar-refractivity contribution in [2.75, 3.05) is 19.6 Å². The van der Waals surface area contributed by atoms with Gasteiger partial charge in [0.15, 0.2) is 0 Å². The number of amides is 3. The van der Waals surface area contributed by atoms with Gasteiger partial charge < -0.3 is 15.5 Å². The van der Waals surface area contributed by atoms with Crippen LogP contribution in [-0.2, 0) is 9.59 Å². The van der Waals surface area contributed by atoms with E-state index in [0.717, 1.165) is 5.56 Å². The second kappa shape index (κ2) is 7.95. The number of hydrogen-bond acceptors (Lipinski definition) is 3. The van der Waals surface area contributed by atoms with Crippen molar-refractivity contribution in [3.63, 3.8) is 0 Å². The molecule has 0 aliphatic carbocycles. The van der Waals surface area contributed by atoms with Gasteiger partial charge in [-0.25, -0.2) is 0 Å². The van der Waals surface area contributed by atoms with Gasteiger partial charge in [0.25, 0.3) is 5.91 Å². The number of nitrogens with one attached hydrogen (secondary N) is 2. The molecule has 1 aromatic rings. The molecule has 130 valence electrons. The minimum absolute atomic E-state index is 0.0258. The van der Waals surface area contributed by atoms with E-state index in [1.54, 1.807) is 11.0 Å². The quantitative estimate of drug-likeness (QED) is 0.766. The zero-order chi connectivity index (χ0) is 17.7. The topological polar surface area (TPSA) is 78.5 Å². The lowest BCUT2D eigenvalue weighted by atomic mass is 10.1. The first-order chi connectivity index (χ1) is 11.4. The van der Waals surface area contributed by atoms with Crippen molar-refractivity contribution in [1.29, 1.82) is 0 Å². The van der Waals surface area contributed by atoms with E-state index in [2.05, 4.69) is 10.6 Å². The third-order valence-corrected chi connectivity index (χ3v) is 4.14. The van der Waals surface area contributed by atoms with Gasteiger partial charge in [0.1, 0.15) is 0 Å². The Morgan fingerprint density at radius 3 is 2.58 bits per heavy atom. The number of hydrogen-bond donors (Lipinski definition) is 2. The minimum atomic E-state index is -0.299. The van der Waals surface area contributed by atoms with Crippen LogP contribution in [0.5, 0.6) is 0 Å². The third kappa shape index (κ3) is 4.57. The molecule has 3 amide bonds. The van der Waals surface area contributed by atoms with Crippen molar-refractivity contribution in [3.8, 4) is 0 Å². The van der Waals surface area contributed by atoms with Gasteiger partial charge in [-0.3, -0.25) is 14.4 Å². The lowest BCUT2D eigenvalue weighted by Crippen LogP contribution is -2.39. The van der Waals surface area contributed by atoms with E-state index in [1.807, 2.05) is 39.0 Å². The molecule has 0 bridgehead atoms. The molecule has 1 aliphatic rings. The van der Waals surface area contributed by atoms with Crippen LogP contribution in [0.25, 0.3) is 0 Å². The van der Waals surface area contributed by atoms with Gasteiger partial charge in [-0.2, -0.15) is 0 Å². The fourth-order valence-corrected chi connectivity index (χ4v) is 2.80. The maximum Gasteiger partial charge on any atom is 0.251 e. The first-order valence-electron chi connectivity index (χ1n) is 8.30. The van der Waals surface area contributed by atoms with Crippen molar-refractivity contribution in [2.45, 2.75) is 33.2 Å². The smallest absolute Gasteiger partial charge is 0.251 e. The van der Waals surface area contributed by atoms with Crippen molar-refractivity contribution >= 4 is 17.7 Å². The number of aryl methyl sites for hydroxylation is 1. The molecule has 6 nitrogen and oxygen atoms in total. The molecule has 0 radical (unpaired) electrons. The minimum Gasteiger partial charge on any atom is -0.354 e. The summed E-state index contributed by atoms with van der Waals surface area (Å²) in [5.41, 5.74) is 1.63. The van der Waals surface area contributed by atoms with Gasteiger partial charge in [-0.1, -0.05) is 17.7 Å². The second-order valence-corrected chi connectivity index (χ2v) is 6.46. The van der Waals surface area contributed by atoms with Crippen LogP contribution >= 0.6 is 0 Å². The van der Waals surface area contributed by atoms with E-state index in [1.165, 1.54) is 0 Å². The number of carbonyl (C=O) groups is 3. The highest BCUT2D eigenvalue weighted by Gasteiger charge is 2.35. The molecular weight excluding hydrogens is 306 g/mol. The van der Waals surface area contributed by atoms with E-state index < -0.39 is 0 Å². The number of rotatable bonds is 6. The molecule has 1 fully saturated rings. The maximum absolute atomic E-state index is 12.1. The molecule has 2 rings (SSSR count). The highest BCUT2D eigenvalue weighted by atomic mass is 16.2. The van der Waals surface area contributed by atoms with Crippen LogP contribution in [0.3, 0.4) is 0 Å². The molecule has 24 heavy (non-hydrogen) atoms. The second-order valence-electron chi connectivity index (χ2n) is 6.46. The summed E-state index contributed by atoms with van der Waals surface area (Å²) in [6.45, 7) is 6.99. The van der Waals surface area contributed by atoms with Gasteiger partial charge in [-0.15, -0.1) is 0 Å². The van der Waals surface area contributed by atoms with E-state index >= 15 is 0 Å². The largest absolute Gasteiger partial charge is 0.354 e. The summed E-state index contributed by atoms with van der Waals surface area (Å²) in [6.07, 6.45) is 0.264. The first-order valence-corrected chi connectivity index (χ1v) is 8.30. The predicted molar refractivity (Wildman–Crippen MR) is 91.5 cm³/mol. The molecule has 1 unspecified atom stereocenters. The molecule has 1 heterocycles. The number of likely N-dealkylation sites (tertiary alicyclic amines) is 1. The van der Waals surface area contributed by atoms with E-state index in [9.17, 15) is 14.4 Å². The number of nitrogens with zero attached hydrogens (tertiary/aromatic N) is 1. The number of benzene rings is 1. The van der Waals surface area contributed by atoms with E-state index in [4.69, 9.17) is 0 Å². The Balaban J connectivity index is 1.72. The maximum atomic E-state index is 12.1. The molecule has 2 N–H and O–H groups in total. The van der Waals surface area contributed by atoms with Crippen LogP contribution in [0, 0.1) is 12.8 Å². The average molecular weight is 331 g/mol. The van der Waals surface area contributed by atoms with Crippen molar-refractivity contribution < 1.29 is 14.4 Å². The molecular formula is C18H25N3O3. The van der Waals surface area contributed by atoms with Gasteiger partial charge in [-0.05, 0) is 32.9 Å². The monoisotopic (exact) mass is 331 g/mol. The van der Waals surface area contributed by atoms with Crippen LogP contribution in [0.2, 0.25) is 0 Å². The molecule has 6 heteroatoms. The predicted octanol–water partition coefficient (Wildman–Crippen LogP) is 1.10. The standard InChI is InChI=1S/C18H25N3O3/c1-12(2)21-11-15(10-16(21)22)18(24)20-8-7-19-17(23)14-6-4-5-13(3)9-14/h4-6,9,12,15H,7-8,10-11H2,1-3H3,(H,19,23)(H,20,24). The fourth-order valence-electron chi connectivity index (χ4n) is 2.80. The van der Waals surface area contributed by atoms with Crippen LogP contribution in [0.1, 0.15) is 36.2 Å². The first kappa shape index (κ1) is 18.0. The normalized spacial score (nSPS) is 17.2. The summed E-state index contributed by atoms with van der Waals surface area (Å²) in [5, 5.41) is 5.57. The summed E-state index contributed by atoms with van der Waals surface area (Å²) < 4.78 is 0. The summed E-state index contributed by atoms with van der Waals surface area (Å²) in [6, 6.07) is 7.46. The molecule has 0 spiro atoms. The zero-order valence-corrected chi connectivity index (χ0v) is 14.5. The SMILES string of the molecule is Cc1cccc(C(=O)NCCNC(=O)C2CC(=O)N(C(C)C)C2)c1. The lowest BCUT2D eigenvalue weighted by molar-refractivity contribution is -0.129. The van der Waals surface area contributed by atoms with Crippen LogP contribution in [0.15, 0.2) is 24.3 Å². The molecule has 0 aromatic heterocycles. The summed E-state index contributed by atoms with van der Waals surface area (Å²) in [7, 11) is 0. The molecule has 1 atom stereocenters. The molecule has 1 saturated heterocycles. The Labute approximate surface area is 142 Å². The average Bonchev–Trinajstić information content (AvgIpc) is 2.93. The van der Waals surface area contributed by atoms with Gasteiger partial charge >= 0.3 is 0 Å². The fraction of sp³-hybridized carbons (Fsp3) is 0.500. The Hall–Kier alpha value is -2.37. The van der Waals surface area contributed by atoms with Crippen molar-refractivity contribution in [2.24, 2.45) is 5.92 Å². The number of carbonyl (C=O) groups excluding carboxylic acids is 3. The Bertz CT molecular complexity index is 628. The Kier molecular flexibility index (Phi) is 5.95. The highest BCUT2D eigenvalue weighted by Crippen LogP contribution is 2.19. The Morgan fingerprint density at radius 2 is 1.96 bits per heavy atom. The zero-order valence-electron chi connectivity index (χ0n) is 14.5. The highest BCUT2D eigenvalue weighted by molar-refractivity contribution is 5.94. The third-order valence-electron chi connectivity index (χ3n) is 4.14. The van der Waals surface area contributed by atoms with Crippen molar-refractivity contribution in [1.82, 2.24) is 15.5 Å².